The zero-order valence-corrected chi connectivity index (χ0v) is 19.5. The first-order valence-electron chi connectivity index (χ1n) is 11.8. The van der Waals surface area contributed by atoms with Crippen molar-refractivity contribution in [3.05, 3.63) is 48.8 Å². The van der Waals surface area contributed by atoms with E-state index in [4.69, 9.17) is 15.2 Å². The summed E-state index contributed by atoms with van der Waals surface area (Å²) in [5.41, 5.74) is 9.69. The highest BCUT2D eigenvalue weighted by Crippen LogP contribution is 2.30. The lowest BCUT2D eigenvalue weighted by Crippen LogP contribution is -2.44. The monoisotopic (exact) mass is 461 g/mol. The topological polar surface area (TPSA) is 102 Å². The first-order chi connectivity index (χ1) is 16.6. The maximum absolute atomic E-state index is 6.29. The predicted octanol–water partition coefficient (Wildman–Crippen LogP) is 3.17. The molecule has 0 atom stereocenters. The number of nitrogen functional groups attached to an aromatic ring is 1. The normalized spacial score (nSPS) is 17.5. The van der Waals surface area contributed by atoms with E-state index in [1.807, 2.05) is 36.5 Å². The number of hydrogen-bond acceptors (Lipinski definition) is 9. The number of piperazine rings is 1. The van der Waals surface area contributed by atoms with Crippen molar-refractivity contribution < 1.29 is 9.47 Å². The van der Waals surface area contributed by atoms with E-state index >= 15 is 0 Å². The van der Waals surface area contributed by atoms with E-state index in [9.17, 15) is 0 Å². The molecule has 0 aliphatic carbocycles. The molecule has 0 unspecified atom stereocenters. The number of anilines is 4. The molecule has 0 saturated carbocycles. The average molecular weight is 462 g/mol. The zero-order valence-electron chi connectivity index (χ0n) is 19.5. The quantitative estimate of drug-likeness (QED) is 0.536. The second-order valence-electron chi connectivity index (χ2n) is 8.76. The molecule has 1 aromatic carbocycles. The molecule has 0 radical (unpaired) electrons. The van der Waals surface area contributed by atoms with Crippen LogP contribution in [0.2, 0.25) is 0 Å². The minimum absolute atomic E-state index is 0.145. The predicted molar refractivity (Wildman–Crippen MR) is 134 cm³/mol. The van der Waals surface area contributed by atoms with Gasteiger partial charge in [-0.1, -0.05) is 0 Å². The number of rotatable bonds is 6. The Morgan fingerprint density at radius 1 is 1.03 bits per heavy atom. The average Bonchev–Trinajstić information content (AvgIpc) is 2.87. The van der Waals surface area contributed by atoms with Crippen molar-refractivity contribution in [2.75, 3.05) is 62.4 Å². The Bertz CT molecular complexity index is 1090. The minimum Gasteiger partial charge on any atom is -0.488 e. The molecule has 0 bridgehead atoms. The third-order valence-corrected chi connectivity index (χ3v) is 6.28. The molecule has 0 amide bonds. The largest absolute Gasteiger partial charge is 0.488 e. The summed E-state index contributed by atoms with van der Waals surface area (Å²) in [6, 6.07) is 11.7. The summed E-state index contributed by atoms with van der Waals surface area (Å²) in [6.07, 6.45) is 5.53. The summed E-state index contributed by atoms with van der Waals surface area (Å²) >= 11 is 0. The van der Waals surface area contributed by atoms with Crippen LogP contribution in [0.25, 0.3) is 11.3 Å². The molecule has 0 spiro atoms. The lowest BCUT2D eigenvalue weighted by molar-refractivity contribution is 0.0259. The molecule has 3 aromatic rings. The van der Waals surface area contributed by atoms with Crippen LogP contribution in [-0.4, -0.2) is 72.4 Å². The number of aromatic nitrogens is 3. The lowest BCUT2D eigenvalue weighted by atomic mass is 10.1. The Labute approximate surface area is 199 Å². The van der Waals surface area contributed by atoms with Gasteiger partial charge in [-0.2, -0.15) is 0 Å². The van der Waals surface area contributed by atoms with Crippen molar-refractivity contribution in [1.82, 2.24) is 19.9 Å². The molecule has 5 rings (SSSR count). The molecular weight excluding hydrogens is 430 g/mol. The first kappa shape index (κ1) is 22.4. The van der Waals surface area contributed by atoms with Gasteiger partial charge in [0, 0.05) is 50.8 Å². The van der Waals surface area contributed by atoms with Gasteiger partial charge in [0.2, 0.25) is 5.95 Å². The lowest BCUT2D eigenvalue weighted by Gasteiger charge is -2.33. The van der Waals surface area contributed by atoms with Crippen molar-refractivity contribution in [2.45, 2.75) is 18.9 Å². The van der Waals surface area contributed by atoms with Crippen molar-refractivity contribution in [1.29, 1.82) is 0 Å². The fourth-order valence-corrected chi connectivity index (χ4v) is 4.19. The van der Waals surface area contributed by atoms with Gasteiger partial charge in [0.25, 0.3) is 0 Å². The summed E-state index contributed by atoms with van der Waals surface area (Å²) in [4.78, 5) is 18.3. The van der Waals surface area contributed by atoms with Crippen molar-refractivity contribution >= 4 is 23.1 Å². The maximum atomic E-state index is 6.29. The van der Waals surface area contributed by atoms with Gasteiger partial charge in [-0.3, -0.25) is 0 Å². The Hall–Kier alpha value is -3.43. The van der Waals surface area contributed by atoms with Gasteiger partial charge in [0.05, 0.1) is 36.5 Å². The van der Waals surface area contributed by atoms with Gasteiger partial charge in [0.1, 0.15) is 17.7 Å². The molecule has 3 N–H and O–H groups in total. The molecular formula is C25H31N7O2. The van der Waals surface area contributed by atoms with Crippen LogP contribution >= 0.6 is 0 Å². The van der Waals surface area contributed by atoms with Gasteiger partial charge < -0.3 is 30.3 Å². The SMILES string of the molecule is CN1CCN(c2ccc(Nc3nccc(-c4ccc(OC5CCOCC5)c(N)c4)n3)nc2)CC1. The molecule has 2 saturated heterocycles. The zero-order chi connectivity index (χ0) is 23.3. The Balaban J connectivity index is 1.25. The number of nitrogens with one attached hydrogen (secondary N) is 1. The van der Waals surface area contributed by atoms with Gasteiger partial charge in [0.15, 0.2) is 0 Å². The molecule has 34 heavy (non-hydrogen) atoms. The summed E-state index contributed by atoms with van der Waals surface area (Å²) in [5.74, 6) is 1.89. The fraction of sp³-hybridized carbons (Fsp3) is 0.400. The first-order valence-corrected chi connectivity index (χ1v) is 11.8. The fourth-order valence-electron chi connectivity index (χ4n) is 4.19. The van der Waals surface area contributed by atoms with Gasteiger partial charge >= 0.3 is 0 Å². The van der Waals surface area contributed by atoms with E-state index in [1.54, 1.807) is 6.20 Å². The third kappa shape index (κ3) is 5.37. The van der Waals surface area contributed by atoms with E-state index in [2.05, 4.69) is 43.2 Å². The minimum atomic E-state index is 0.145. The Morgan fingerprint density at radius 3 is 2.59 bits per heavy atom. The number of nitrogens with zero attached hydrogens (tertiary/aromatic N) is 5. The number of benzene rings is 1. The van der Waals surface area contributed by atoms with Gasteiger partial charge in [-0.15, -0.1) is 0 Å². The summed E-state index contributed by atoms with van der Waals surface area (Å²) in [7, 11) is 2.15. The number of ether oxygens (including phenoxy) is 2. The maximum Gasteiger partial charge on any atom is 0.228 e. The van der Waals surface area contributed by atoms with E-state index in [0.717, 1.165) is 69.2 Å². The Morgan fingerprint density at radius 2 is 1.85 bits per heavy atom. The van der Waals surface area contributed by atoms with E-state index in [-0.39, 0.29) is 6.10 Å². The standard InChI is InChI=1S/C25H31N7O2/c1-31-10-12-32(13-11-31)19-3-5-24(28-17-19)30-25-27-9-6-22(29-25)18-2-4-23(21(26)16-18)34-20-7-14-33-15-8-20/h2-6,9,16-17,20H,7-8,10-15,26H2,1H3,(H,27,28,29,30). The number of pyridine rings is 1. The van der Waals surface area contributed by atoms with Crippen LogP contribution in [0.4, 0.5) is 23.1 Å². The van der Waals surface area contributed by atoms with E-state index < -0.39 is 0 Å². The van der Waals surface area contributed by atoms with Crippen molar-refractivity contribution in [2.24, 2.45) is 0 Å². The van der Waals surface area contributed by atoms with Crippen LogP contribution in [0.15, 0.2) is 48.8 Å². The molecule has 9 nitrogen and oxygen atoms in total. The molecule has 2 aliphatic rings. The van der Waals surface area contributed by atoms with Crippen molar-refractivity contribution in [3.8, 4) is 17.0 Å². The molecule has 2 aliphatic heterocycles. The number of nitrogens with two attached hydrogens (primary N) is 1. The van der Waals surface area contributed by atoms with Crippen molar-refractivity contribution in [3.63, 3.8) is 0 Å². The second-order valence-corrected chi connectivity index (χ2v) is 8.76. The van der Waals surface area contributed by atoms with E-state index in [0.29, 0.717) is 23.2 Å². The Kier molecular flexibility index (Phi) is 6.73. The number of likely N-dealkylation sites (N-methyl/N-ethyl adjacent to an activating group) is 1. The van der Waals surface area contributed by atoms with E-state index in [1.165, 1.54) is 0 Å². The smallest absolute Gasteiger partial charge is 0.228 e. The highest BCUT2D eigenvalue weighted by molar-refractivity contribution is 5.69. The highest BCUT2D eigenvalue weighted by Gasteiger charge is 2.17. The third-order valence-electron chi connectivity index (χ3n) is 6.28. The summed E-state index contributed by atoms with van der Waals surface area (Å²) in [6.45, 7) is 5.61. The second kappa shape index (κ2) is 10.2. The molecule has 2 fully saturated rings. The van der Waals surface area contributed by atoms with Crippen LogP contribution in [0.5, 0.6) is 5.75 Å². The summed E-state index contributed by atoms with van der Waals surface area (Å²) < 4.78 is 11.5. The number of hydrogen-bond donors (Lipinski definition) is 2. The molecule has 4 heterocycles. The van der Waals surface area contributed by atoms with Crippen LogP contribution in [0.3, 0.4) is 0 Å². The molecule has 9 heteroatoms. The van der Waals surface area contributed by atoms with Gasteiger partial charge in [-0.25, -0.2) is 15.0 Å². The van der Waals surface area contributed by atoms with Crippen LogP contribution in [0, 0.1) is 0 Å². The highest BCUT2D eigenvalue weighted by atomic mass is 16.5. The molecule has 2 aromatic heterocycles. The molecule has 178 valence electrons. The van der Waals surface area contributed by atoms with Crippen LogP contribution < -0.4 is 20.7 Å². The van der Waals surface area contributed by atoms with Gasteiger partial charge in [-0.05, 0) is 43.4 Å². The van der Waals surface area contributed by atoms with Crippen LogP contribution in [-0.2, 0) is 4.74 Å². The van der Waals surface area contributed by atoms with Crippen LogP contribution in [0.1, 0.15) is 12.8 Å². The summed E-state index contributed by atoms with van der Waals surface area (Å²) in [5, 5.41) is 3.20.